The van der Waals surface area contributed by atoms with Crippen LogP contribution in [-0.2, 0) is 12.2 Å². The number of benzene rings is 2. The Balaban J connectivity index is 1.31. The average molecular weight is 570 g/mol. The molecular weight excluding hydrogens is 534 g/mol. The number of amides is 1. The molecule has 2 heterocycles. The van der Waals surface area contributed by atoms with Crippen LogP contribution in [0.5, 0.6) is 11.5 Å². The number of rotatable bonds is 13. The van der Waals surface area contributed by atoms with Gasteiger partial charge in [0, 0.05) is 44.1 Å². The van der Waals surface area contributed by atoms with Crippen molar-refractivity contribution in [2.75, 3.05) is 58.9 Å². The molecule has 0 aliphatic carbocycles. The number of anilines is 1. The number of carbonyl (C=O) groups excluding carboxylic acids is 1. The zero-order chi connectivity index (χ0) is 27.6. The third-order valence-electron chi connectivity index (χ3n) is 6.71. The summed E-state index contributed by atoms with van der Waals surface area (Å²) >= 11 is 7.85. The molecule has 0 unspecified atom stereocenters. The van der Waals surface area contributed by atoms with Gasteiger partial charge >= 0.3 is 0 Å². The van der Waals surface area contributed by atoms with Crippen molar-refractivity contribution < 1.29 is 14.3 Å². The van der Waals surface area contributed by atoms with E-state index in [1.54, 1.807) is 20.3 Å². The molecule has 0 radical (unpaired) electrons. The molecule has 0 bridgehead atoms. The standard InChI is InChI=1S/C29H36ClN5O3S/c1-34(15-11-21-9-10-24(37-2)25(18-21)38-3)27-19-26(30)32-29(33-27)39-20-22-7-6-8-23(17-22)28(36)31-12-16-35-13-4-5-14-35/h6-10,17-19H,4-5,11-16,20H2,1-3H3,(H,31,36). The first-order valence-corrected chi connectivity index (χ1v) is 14.5. The van der Waals surface area contributed by atoms with Crippen molar-refractivity contribution in [2.24, 2.45) is 0 Å². The van der Waals surface area contributed by atoms with Crippen molar-refractivity contribution in [1.29, 1.82) is 0 Å². The van der Waals surface area contributed by atoms with Crippen LogP contribution in [0, 0.1) is 0 Å². The number of hydrogen-bond acceptors (Lipinski definition) is 8. The highest BCUT2D eigenvalue weighted by molar-refractivity contribution is 7.98. The van der Waals surface area contributed by atoms with Gasteiger partial charge < -0.3 is 24.6 Å². The van der Waals surface area contributed by atoms with Crippen LogP contribution in [-0.4, -0.2) is 74.8 Å². The summed E-state index contributed by atoms with van der Waals surface area (Å²) in [4.78, 5) is 26.2. The number of likely N-dealkylation sites (tertiary alicyclic amines) is 1. The molecule has 3 aromatic rings. The van der Waals surface area contributed by atoms with Crippen LogP contribution in [0.2, 0.25) is 5.15 Å². The fourth-order valence-electron chi connectivity index (χ4n) is 4.48. The number of carbonyl (C=O) groups is 1. The Kier molecular flexibility index (Phi) is 10.7. The molecule has 0 atom stereocenters. The summed E-state index contributed by atoms with van der Waals surface area (Å²) in [6.07, 6.45) is 3.30. The Labute approximate surface area is 240 Å². The summed E-state index contributed by atoms with van der Waals surface area (Å²) in [5, 5.41) is 4.03. The number of thioether (sulfide) groups is 1. The molecule has 1 aliphatic heterocycles. The molecule has 2 aromatic carbocycles. The van der Waals surface area contributed by atoms with Crippen molar-refractivity contribution in [3.63, 3.8) is 0 Å². The van der Waals surface area contributed by atoms with E-state index in [2.05, 4.69) is 20.1 Å². The van der Waals surface area contributed by atoms with Gasteiger partial charge in [0.15, 0.2) is 16.7 Å². The maximum atomic E-state index is 12.6. The summed E-state index contributed by atoms with van der Waals surface area (Å²) < 4.78 is 10.7. The van der Waals surface area contributed by atoms with Crippen LogP contribution in [0.25, 0.3) is 0 Å². The van der Waals surface area contributed by atoms with Gasteiger partial charge in [-0.2, -0.15) is 0 Å². The summed E-state index contributed by atoms with van der Waals surface area (Å²) in [5.74, 6) is 2.76. The first-order valence-electron chi connectivity index (χ1n) is 13.1. The van der Waals surface area contributed by atoms with E-state index < -0.39 is 0 Å². The number of likely N-dealkylation sites (N-methyl/N-ethyl adjacent to an activating group) is 1. The van der Waals surface area contributed by atoms with Crippen LogP contribution in [0.4, 0.5) is 5.82 Å². The molecule has 1 fully saturated rings. The van der Waals surface area contributed by atoms with Gasteiger partial charge in [-0.1, -0.05) is 41.6 Å². The lowest BCUT2D eigenvalue weighted by Gasteiger charge is -2.19. The van der Waals surface area contributed by atoms with E-state index in [1.807, 2.05) is 49.5 Å². The van der Waals surface area contributed by atoms with E-state index in [0.29, 0.717) is 39.7 Å². The fourth-order valence-corrected chi connectivity index (χ4v) is 5.50. The molecule has 1 N–H and O–H groups in total. The molecule has 39 heavy (non-hydrogen) atoms. The summed E-state index contributed by atoms with van der Waals surface area (Å²) in [6.45, 7) is 4.56. The van der Waals surface area contributed by atoms with Crippen LogP contribution >= 0.6 is 23.4 Å². The first kappa shape index (κ1) is 29.0. The summed E-state index contributed by atoms with van der Waals surface area (Å²) in [6, 6.07) is 15.4. The van der Waals surface area contributed by atoms with E-state index in [0.717, 1.165) is 49.5 Å². The SMILES string of the molecule is COc1ccc(CCN(C)c2cc(Cl)nc(SCc3cccc(C(=O)NCCN4CCCC4)c3)n2)cc1OC. The maximum absolute atomic E-state index is 12.6. The zero-order valence-corrected chi connectivity index (χ0v) is 24.4. The Morgan fingerprint density at radius 3 is 2.62 bits per heavy atom. The van der Waals surface area contributed by atoms with Gasteiger partial charge in [0.25, 0.3) is 5.91 Å². The van der Waals surface area contributed by atoms with E-state index in [-0.39, 0.29) is 5.91 Å². The number of hydrogen-bond donors (Lipinski definition) is 1. The van der Waals surface area contributed by atoms with Crippen LogP contribution in [0.3, 0.4) is 0 Å². The van der Waals surface area contributed by atoms with Gasteiger partial charge in [-0.15, -0.1) is 0 Å². The lowest BCUT2D eigenvalue weighted by molar-refractivity contribution is 0.0949. The molecule has 1 aliphatic rings. The number of ether oxygens (including phenoxy) is 2. The predicted molar refractivity (Wildman–Crippen MR) is 158 cm³/mol. The Hall–Kier alpha value is -3.01. The van der Waals surface area contributed by atoms with Gasteiger partial charge in [-0.3, -0.25) is 4.79 Å². The average Bonchev–Trinajstić information content (AvgIpc) is 3.48. The van der Waals surface area contributed by atoms with Gasteiger partial charge in [0.1, 0.15) is 11.0 Å². The Morgan fingerprint density at radius 1 is 1.05 bits per heavy atom. The molecular formula is C29H36ClN5O3S. The molecule has 1 amide bonds. The van der Waals surface area contributed by atoms with Gasteiger partial charge in [0.2, 0.25) is 0 Å². The predicted octanol–water partition coefficient (Wildman–Crippen LogP) is 4.94. The largest absolute Gasteiger partial charge is 0.493 e. The maximum Gasteiger partial charge on any atom is 0.251 e. The van der Waals surface area contributed by atoms with Crippen molar-refractivity contribution >= 4 is 35.1 Å². The Morgan fingerprint density at radius 2 is 1.85 bits per heavy atom. The van der Waals surface area contributed by atoms with Crippen LogP contribution < -0.4 is 19.7 Å². The quantitative estimate of drug-likeness (QED) is 0.176. The third kappa shape index (κ3) is 8.49. The number of methoxy groups -OCH3 is 2. The zero-order valence-electron chi connectivity index (χ0n) is 22.8. The van der Waals surface area contributed by atoms with Crippen molar-refractivity contribution in [1.82, 2.24) is 20.2 Å². The first-order chi connectivity index (χ1) is 18.9. The minimum atomic E-state index is -0.0431. The smallest absolute Gasteiger partial charge is 0.251 e. The van der Waals surface area contributed by atoms with Crippen molar-refractivity contribution in [3.8, 4) is 11.5 Å². The molecule has 1 aromatic heterocycles. The van der Waals surface area contributed by atoms with E-state index in [9.17, 15) is 4.79 Å². The highest BCUT2D eigenvalue weighted by Crippen LogP contribution is 2.28. The molecule has 0 spiro atoms. The van der Waals surface area contributed by atoms with Crippen molar-refractivity contribution in [2.45, 2.75) is 30.2 Å². The molecule has 10 heteroatoms. The van der Waals surface area contributed by atoms with Gasteiger partial charge in [-0.25, -0.2) is 9.97 Å². The second-order valence-corrected chi connectivity index (χ2v) is 10.8. The number of aromatic nitrogens is 2. The normalized spacial score (nSPS) is 13.3. The van der Waals surface area contributed by atoms with Crippen LogP contribution in [0.1, 0.15) is 34.3 Å². The molecule has 0 saturated carbocycles. The summed E-state index contributed by atoms with van der Waals surface area (Å²) in [7, 11) is 5.25. The number of halogens is 1. The highest BCUT2D eigenvalue weighted by atomic mass is 35.5. The molecule has 4 rings (SSSR count). The topological polar surface area (TPSA) is 79.8 Å². The minimum absolute atomic E-state index is 0.0431. The van der Waals surface area contributed by atoms with Crippen LogP contribution in [0.15, 0.2) is 53.7 Å². The van der Waals surface area contributed by atoms with Crippen molar-refractivity contribution in [3.05, 3.63) is 70.4 Å². The fraction of sp³-hybridized carbons (Fsp3) is 0.414. The molecule has 8 nitrogen and oxygen atoms in total. The van der Waals surface area contributed by atoms with E-state index in [4.69, 9.17) is 26.1 Å². The Bertz CT molecular complexity index is 1260. The third-order valence-corrected chi connectivity index (χ3v) is 7.82. The van der Waals surface area contributed by atoms with E-state index in [1.165, 1.54) is 24.6 Å². The monoisotopic (exact) mass is 569 g/mol. The lowest BCUT2D eigenvalue weighted by atomic mass is 10.1. The number of nitrogens with one attached hydrogen (secondary N) is 1. The summed E-state index contributed by atoms with van der Waals surface area (Å²) in [5.41, 5.74) is 2.82. The second-order valence-electron chi connectivity index (χ2n) is 9.49. The van der Waals surface area contributed by atoms with Gasteiger partial charge in [-0.05, 0) is 67.7 Å². The highest BCUT2D eigenvalue weighted by Gasteiger charge is 2.13. The van der Waals surface area contributed by atoms with E-state index >= 15 is 0 Å². The van der Waals surface area contributed by atoms with Gasteiger partial charge in [0.05, 0.1) is 14.2 Å². The lowest BCUT2D eigenvalue weighted by Crippen LogP contribution is -2.33. The minimum Gasteiger partial charge on any atom is -0.493 e. The second kappa shape index (κ2) is 14.4. The molecule has 1 saturated heterocycles. The molecule has 208 valence electrons. The number of nitrogens with zero attached hydrogens (tertiary/aromatic N) is 4.